The fourth-order valence-corrected chi connectivity index (χ4v) is 2.23. The van der Waals surface area contributed by atoms with Gasteiger partial charge in [-0.25, -0.2) is 9.18 Å². The fraction of sp³-hybridized carbons (Fsp3) is 0.600. The topological polar surface area (TPSA) is 105 Å². The first-order valence-electron chi connectivity index (χ1n) is 5.48. The molecule has 7 nitrogen and oxygen atoms in total. The molecular formula is C10H12ClFN2O5. The summed E-state index contributed by atoms with van der Waals surface area (Å²) in [6.07, 6.45) is -2.22. The third-order valence-electron chi connectivity index (χ3n) is 2.93. The maximum Gasteiger partial charge on any atom is 0.330 e. The van der Waals surface area contributed by atoms with Crippen LogP contribution in [-0.4, -0.2) is 44.0 Å². The highest BCUT2D eigenvalue weighted by Gasteiger charge is 2.43. The van der Waals surface area contributed by atoms with E-state index < -0.39 is 48.3 Å². The first-order chi connectivity index (χ1) is 8.99. The predicted octanol–water partition coefficient (Wildman–Crippen LogP) is -1.14. The van der Waals surface area contributed by atoms with Gasteiger partial charge in [0.2, 0.25) is 0 Å². The third-order valence-corrected chi connectivity index (χ3v) is 3.41. The van der Waals surface area contributed by atoms with Crippen LogP contribution in [0, 0.1) is 0 Å². The van der Waals surface area contributed by atoms with E-state index in [1.165, 1.54) is 0 Å². The molecule has 1 aromatic rings. The molecule has 106 valence electrons. The van der Waals surface area contributed by atoms with Gasteiger partial charge in [-0.15, -0.1) is 11.6 Å². The van der Waals surface area contributed by atoms with Crippen molar-refractivity contribution in [3.05, 3.63) is 32.6 Å². The molecule has 4 atom stereocenters. The largest absolute Gasteiger partial charge is 0.394 e. The molecule has 2 rings (SSSR count). The molecule has 0 amide bonds. The van der Waals surface area contributed by atoms with Crippen LogP contribution < -0.4 is 11.2 Å². The zero-order valence-corrected chi connectivity index (χ0v) is 10.4. The van der Waals surface area contributed by atoms with Crippen LogP contribution >= 0.6 is 11.6 Å². The fourth-order valence-electron chi connectivity index (χ4n) is 1.89. The second-order valence-electron chi connectivity index (χ2n) is 4.14. The number of aromatic amines is 1. The summed E-state index contributed by atoms with van der Waals surface area (Å²) in [6.45, 7) is -1.53. The lowest BCUT2D eigenvalue weighted by Gasteiger charge is -2.17. The van der Waals surface area contributed by atoms with E-state index in [0.29, 0.717) is 0 Å². The first kappa shape index (κ1) is 14.2. The molecular weight excluding hydrogens is 283 g/mol. The maximum atomic E-state index is 12.6. The molecule has 1 aliphatic rings. The Balaban J connectivity index is 2.43. The van der Waals surface area contributed by atoms with E-state index in [1.807, 2.05) is 4.98 Å². The minimum Gasteiger partial charge on any atom is -0.394 e. The number of H-pyrrole nitrogens is 1. The molecule has 0 aromatic carbocycles. The van der Waals surface area contributed by atoms with Gasteiger partial charge in [-0.1, -0.05) is 0 Å². The number of aliphatic hydroxyl groups is 2. The molecule has 1 aromatic heterocycles. The van der Waals surface area contributed by atoms with Gasteiger partial charge in [-0.3, -0.25) is 14.3 Å². The summed E-state index contributed by atoms with van der Waals surface area (Å²) in [4.78, 5) is 24.8. The van der Waals surface area contributed by atoms with Crippen molar-refractivity contribution in [2.45, 2.75) is 30.5 Å². The Morgan fingerprint density at radius 2 is 2.21 bits per heavy atom. The summed E-state index contributed by atoms with van der Waals surface area (Å²) >= 11 is 5.91. The quantitative estimate of drug-likeness (QED) is 0.612. The van der Waals surface area contributed by atoms with Crippen LogP contribution in [-0.2, 0) is 11.4 Å². The predicted molar refractivity (Wildman–Crippen MR) is 62.8 cm³/mol. The van der Waals surface area contributed by atoms with Gasteiger partial charge in [0, 0.05) is 6.20 Å². The molecule has 1 saturated heterocycles. The Hall–Kier alpha value is -1.22. The minimum atomic E-state index is -1.18. The number of rotatable bonds is 3. The van der Waals surface area contributed by atoms with Crippen molar-refractivity contribution < 1.29 is 19.3 Å². The number of alkyl halides is 2. The number of halogens is 2. The van der Waals surface area contributed by atoms with Crippen LogP contribution in [0.25, 0.3) is 0 Å². The Morgan fingerprint density at radius 1 is 1.53 bits per heavy atom. The summed E-state index contributed by atoms with van der Waals surface area (Å²) in [5, 5.41) is 17.7. The molecule has 0 spiro atoms. The Morgan fingerprint density at radius 3 is 2.74 bits per heavy atom. The summed E-state index contributed by atoms with van der Waals surface area (Å²) < 4.78 is 18.7. The van der Waals surface area contributed by atoms with E-state index in [4.69, 9.17) is 21.4 Å². The molecule has 2 heterocycles. The number of hydrogen-bond donors (Lipinski definition) is 3. The third kappa shape index (κ3) is 2.44. The number of nitrogens with one attached hydrogen (secondary N) is 1. The highest BCUT2D eigenvalue weighted by atomic mass is 35.5. The second kappa shape index (κ2) is 5.41. The summed E-state index contributed by atoms with van der Waals surface area (Å²) in [7, 11) is 0. The molecule has 1 fully saturated rings. The van der Waals surface area contributed by atoms with Gasteiger partial charge in [0.1, 0.15) is 24.3 Å². The molecule has 0 aliphatic carbocycles. The van der Waals surface area contributed by atoms with Crippen molar-refractivity contribution in [2.24, 2.45) is 0 Å². The van der Waals surface area contributed by atoms with Gasteiger partial charge >= 0.3 is 5.69 Å². The molecule has 0 unspecified atom stereocenters. The van der Waals surface area contributed by atoms with Crippen molar-refractivity contribution in [1.82, 2.24) is 9.55 Å². The van der Waals surface area contributed by atoms with Crippen LogP contribution in [0.4, 0.5) is 4.39 Å². The van der Waals surface area contributed by atoms with Gasteiger partial charge in [0.15, 0.2) is 6.23 Å². The van der Waals surface area contributed by atoms with Crippen molar-refractivity contribution in [3.63, 3.8) is 0 Å². The standard InChI is InChI=1S/C10H12ClFN2O5/c11-6-7(16)5(3-15)19-9(6)14-2-4(1-12)8(17)13-10(14)18/h2,5-7,9,15-16H,1,3H2,(H,13,17,18)/t5-,6-,7-,9-/m1/s1. The van der Waals surface area contributed by atoms with E-state index in [0.717, 1.165) is 10.8 Å². The van der Waals surface area contributed by atoms with Crippen molar-refractivity contribution >= 4 is 11.6 Å². The number of hydrogen-bond acceptors (Lipinski definition) is 5. The van der Waals surface area contributed by atoms with Crippen LogP contribution in [0.2, 0.25) is 0 Å². The minimum absolute atomic E-state index is 0.256. The normalized spacial score (nSPS) is 30.7. The van der Waals surface area contributed by atoms with Crippen molar-refractivity contribution in [1.29, 1.82) is 0 Å². The van der Waals surface area contributed by atoms with E-state index in [2.05, 4.69) is 0 Å². The molecule has 0 bridgehead atoms. The van der Waals surface area contributed by atoms with Gasteiger partial charge in [-0.2, -0.15) is 0 Å². The van der Waals surface area contributed by atoms with Crippen molar-refractivity contribution in [3.8, 4) is 0 Å². The number of aromatic nitrogens is 2. The van der Waals surface area contributed by atoms with Gasteiger partial charge in [-0.05, 0) is 0 Å². The van der Waals surface area contributed by atoms with E-state index in [9.17, 15) is 19.1 Å². The van der Waals surface area contributed by atoms with Crippen LogP contribution in [0.1, 0.15) is 11.8 Å². The van der Waals surface area contributed by atoms with Crippen LogP contribution in [0.5, 0.6) is 0 Å². The van der Waals surface area contributed by atoms with Gasteiger partial charge in [0.05, 0.1) is 12.2 Å². The van der Waals surface area contributed by atoms with E-state index >= 15 is 0 Å². The maximum absolute atomic E-state index is 12.6. The lowest BCUT2D eigenvalue weighted by molar-refractivity contribution is -0.0459. The summed E-state index contributed by atoms with van der Waals surface area (Å²) in [5.41, 5.74) is -1.91. The smallest absolute Gasteiger partial charge is 0.330 e. The number of nitrogens with zero attached hydrogens (tertiary/aromatic N) is 1. The Kier molecular flexibility index (Phi) is 4.04. The first-order valence-corrected chi connectivity index (χ1v) is 5.92. The average molecular weight is 295 g/mol. The number of aliphatic hydroxyl groups excluding tert-OH is 2. The molecule has 3 N–H and O–H groups in total. The highest BCUT2D eigenvalue weighted by Crippen LogP contribution is 2.32. The molecule has 0 saturated carbocycles. The lowest BCUT2D eigenvalue weighted by Crippen LogP contribution is -2.36. The van der Waals surface area contributed by atoms with E-state index in [-0.39, 0.29) is 5.56 Å². The Bertz CT molecular complexity index is 574. The zero-order valence-electron chi connectivity index (χ0n) is 9.62. The highest BCUT2D eigenvalue weighted by molar-refractivity contribution is 6.21. The van der Waals surface area contributed by atoms with Gasteiger partial charge in [0.25, 0.3) is 5.56 Å². The SMILES string of the molecule is O=c1[nH]c(=O)n([C@@H]2O[C@H](CO)[C@@H](O)[C@H]2Cl)cc1CF. The second-order valence-corrected chi connectivity index (χ2v) is 4.64. The molecule has 19 heavy (non-hydrogen) atoms. The summed E-state index contributed by atoms with van der Waals surface area (Å²) in [5.74, 6) is 0. The Labute approximate surface area is 111 Å². The molecule has 9 heteroatoms. The van der Waals surface area contributed by atoms with Gasteiger partial charge < -0.3 is 14.9 Å². The van der Waals surface area contributed by atoms with Crippen LogP contribution in [0.3, 0.4) is 0 Å². The number of ether oxygens (including phenoxy) is 1. The zero-order chi connectivity index (χ0) is 14.2. The average Bonchev–Trinajstić information content (AvgIpc) is 2.67. The lowest BCUT2D eigenvalue weighted by atomic mass is 10.2. The summed E-state index contributed by atoms with van der Waals surface area (Å²) in [6, 6.07) is 0. The van der Waals surface area contributed by atoms with E-state index in [1.54, 1.807) is 0 Å². The van der Waals surface area contributed by atoms with Crippen molar-refractivity contribution in [2.75, 3.05) is 6.61 Å². The van der Waals surface area contributed by atoms with Crippen LogP contribution in [0.15, 0.2) is 15.8 Å². The molecule has 1 aliphatic heterocycles. The monoisotopic (exact) mass is 294 g/mol. The molecule has 0 radical (unpaired) electrons.